The largest absolute Gasteiger partial charge is 0.468 e. The Morgan fingerprint density at radius 3 is 2.55 bits per heavy atom. The predicted molar refractivity (Wildman–Crippen MR) is 121 cm³/mol. The lowest BCUT2D eigenvalue weighted by molar-refractivity contribution is 0.0475. The number of aryl methyl sites for hydroxylation is 1. The number of ether oxygens (including phenoxy) is 1. The first-order valence-electron chi connectivity index (χ1n) is 10.3. The molecule has 0 aliphatic carbocycles. The minimum Gasteiger partial charge on any atom is -0.468 e. The van der Waals surface area contributed by atoms with Crippen molar-refractivity contribution in [2.24, 2.45) is 0 Å². The number of esters is 1. The molecule has 0 unspecified atom stereocenters. The van der Waals surface area contributed by atoms with Crippen LogP contribution in [0.1, 0.15) is 39.0 Å². The number of aromatic nitrogens is 1. The Morgan fingerprint density at radius 2 is 1.85 bits per heavy atom. The zero-order valence-corrected chi connectivity index (χ0v) is 18.6. The van der Waals surface area contributed by atoms with Crippen molar-refractivity contribution in [1.82, 2.24) is 9.71 Å². The smallest absolute Gasteiger partial charge is 0.338 e. The molecule has 2 aromatic heterocycles. The molecular formula is C24H22N2O6S. The van der Waals surface area contributed by atoms with Crippen LogP contribution in [0.3, 0.4) is 0 Å². The first-order chi connectivity index (χ1) is 15.9. The van der Waals surface area contributed by atoms with Gasteiger partial charge in [-0.25, -0.2) is 17.9 Å². The molecule has 0 fully saturated rings. The molecule has 4 aromatic rings. The maximum Gasteiger partial charge on any atom is 0.338 e. The number of aromatic amines is 1. The van der Waals surface area contributed by atoms with Crippen LogP contribution < -0.4 is 4.72 Å². The van der Waals surface area contributed by atoms with Crippen molar-refractivity contribution >= 4 is 32.7 Å². The highest BCUT2D eigenvalue weighted by molar-refractivity contribution is 7.89. The van der Waals surface area contributed by atoms with Gasteiger partial charge in [0.05, 0.1) is 23.3 Å². The van der Waals surface area contributed by atoms with Gasteiger partial charge in [0, 0.05) is 22.7 Å². The van der Waals surface area contributed by atoms with E-state index in [1.807, 2.05) is 25.1 Å². The average Bonchev–Trinajstić information content (AvgIpc) is 3.51. The molecule has 0 bridgehead atoms. The summed E-state index contributed by atoms with van der Waals surface area (Å²) in [6.07, 6.45) is 3.90. The standard InChI is InChI=1S/C24H22N2O6S/c1-2-16-5-3-7-20-21(14-25-23(16)20)22(27)15-32-24(28)17-8-10-19(11-9-17)33(29,30)26-13-18-6-4-12-31-18/h3-12,14,25-26H,2,13,15H2,1H3. The molecular weight excluding hydrogens is 444 g/mol. The topological polar surface area (TPSA) is 118 Å². The lowest BCUT2D eigenvalue weighted by Gasteiger charge is -2.07. The maximum absolute atomic E-state index is 12.6. The summed E-state index contributed by atoms with van der Waals surface area (Å²) >= 11 is 0. The molecule has 0 radical (unpaired) electrons. The fraction of sp³-hybridized carbons (Fsp3) is 0.167. The fourth-order valence-electron chi connectivity index (χ4n) is 3.47. The van der Waals surface area contributed by atoms with Crippen LogP contribution >= 0.6 is 0 Å². The summed E-state index contributed by atoms with van der Waals surface area (Å²) in [6.45, 7) is 1.62. The number of ketones is 1. The van der Waals surface area contributed by atoms with Crippen molar-refractivity contribution in [2.75, 3.05) is 6.61 Å². The molecule has 33 heavy (non-hydrogen) atoms. The molecule has 0 spiro atoms. The molecule has 4 rings (SSSR count). The molecule has 2 heterocycles. The Balaban J connectivity index is 1.38. The van der Waals surface area contributed by atoms with E-state index >= 15 is 0 Å². The lowest BCUT2D eigenvalue weighted by atomic mass is 10.1. The van der Waals surface area contributed by atoms with Gasteiger partial charge < -0.3 is 14.1 Å². The van der Waals surface area contributed by atoms with Gasteiger partial charge in [-0.3, -0.25) is 4.79 Å². The summed E-state index contributed by atoms with van der Waals surface area (Å²) in [5.74, 6) is -0.571. The van der Waals surface area contributed by atoms with Gasteiger partial charge in [-0.15, -0.1) is 0 Å². The van der Waals surface area contributed by atoms with Crippen LogP contribution in [0.15, 0.2) is 76.4 Å². The Morgan fingerprint density at radius 1 is 1.06 bits per heavy atom. The minimum absolute atomic E-state index is 0.00722. The number of carbonyl (C=O) groups is 2. The maximum atomic E-state index is 12.6. The van der Waals surface area contributed by atoms with Gasteiger partial charge in [0.25, 0.3) is 0 Å². The van der Waals surface area contributed by atoms with Crippen molar-refractivity contribution in [3.05, 3.63) is 89.5 Å². The zero-order chi connectivity index (χ0) is 23.4. The Hall–Kier alpha value is -3.69. The van der Waals surface area contributed by atoms with Crippen LogP contribution in [-0.4, -0.2) is 31.8 Å². The molecule has 0 aliphatic heterocycles. The van der Waals surface area contributed by atoms with Gasteiger partial charge in [0.2, 0.25) is 15.8 Å². The highest BCUT2D eigenvalue weighted by atomic mass is 32.2. The second kappa shape index (κ2) is 9.43. The second-order valence-electron chi connectivity index (χ2n) is 7.32. The molecule has 0 saturated heterocycles. The Kier molecular flexibility index (Phi) is 6.43. The summed E-state index contributed by atoms with van der Waals surface area (Å²) in [7, 11) is -3.78. The highest BCUT2D eigenvalue weighted by Gasteiger charge is 2.18. The van der Waals surface area contributed by atoms with E-state index in [0.717, 1.165) is 22.9 Å². The third-order valence-corrected chi connectivity index (χ3v) is 6.65. The second-order valence-corrected chi connectivity index (χ2v) is 9.09. The molecule has 8 nitrogen and oxygen atoms in total. The molecule has 0 amide bonds. The first kappa shape index (κ1) is 22.5. The van der Waals surface area contributed by atoms with Crippen molar-refractivity contribution in [3.63, 3.8) is 0 Å². The summed E-state index contributed by atoms with van der Waals surface area (Å²) in [6, 6.07) is 14.3. The fourth-order valence-corrected chi connectivity index (χ4v) is 4.46. The van der Waals surface area contributed by atoms with Crippen molar-refractivity contribution in [2.45, 2.75) is 24.8 Å². The van der Waals surface area contributed by atoms with E-state index in [-0.39, 0.29) is 22.8 Å². The molecule has 0 saturated carbocycles. The molecule has 170 valence electrons. The predicted octanol–water partition coefficient (Wildman–Crippen LogP) is 3.84. The number of sulfonamides is 1. The number of benzene rings is 2. The monoisotopic (exact) mass is 466 g/mol. The lowest BCUT2D eigenvalue weighted by Crippen LogP contribution is -2.23. The van der Waals surface area contributed by atoms with Gasteiger partial charge in [0.15, 0.2) is 6.61 Å². The number of fused-ring (bicyclic) bond motifs is 1. The van der Waals surface area contributed by atoms with Crippen LogP contribution in [0.25, 0.3) is 10.9 Å². The van der Waals surface area contributed by atoms with Gasteiger partial charge >= 0.3 is 5.97 Å². The molecule has 2 aromatic carbocycles. The number of carbonyl (C=O) groups excluding carboxylic acids is 2. The summed E-state index contributed by atoms with van der Waals surface area (Å²) in [4.78, 5) is 28.1. The number of nitrogens with one attached hydrogen (secondary N) is 2. The number of furan rings is 1. The molecule has 0 atom stereocenters. The van der Waals surface area contributed by atoms with E-state index in [1.54, 1.807) is 18.3 Å². The van der Waals surface area contributed by atoms with Crippen LogP contribution in [0.5, 0.6) is 0 Å². The third-order valence-electron chi connectivity index (χ3n) is 5.23. The summed E-state index contributed by atoms with van der Waals surface area (Å²) in [5.41, 5.74) is 2.58. The van der Waals surface area contributed by atoms with E-state index in [0.29, 0.717) is 11.3 Å². The number of H-pyrrole nitrogens is 1. The normalized spacial score (nSPS) is 11.5. The van der Waals surface area contributed by atoms with Crippen LogP contribution in [0.2, 0.25) is 0 Å². The first-order valence-corrected chi connectivity index (χ1v) is 11.8. The minimum atomic E-state index is -3.78. The third kappa shape index (κ3) is 4.89. The zero-order valence-electron chi connectivity index (χ0n) is 17.8. The van der Waals surface area contributed by atoms with Gasteiger partial charge in [-0.05, 0) is 48.4 Å². The van der Waals surface area contributed by atoms with E-state index in [4.69, 9.17) is 9.15 Å². The Labute approximate surface area is 190 Å². The molecule has 2 N–H and O–H groups in total. The summed E-state index contributed by atoms with van der Waals surface area (Å²) < 4.78 is 37.5. The van der Waals surface area contributed by atoms with E-state index in [2.05, 4.69) is 9.71 Å². The van der Waals surface area contributed by atoms with Gasteiger partial charge in [-0.1, -0.05) is 25.1 Å². The molecule has 0 aliphatic rings. The van der Waals surface area contributed by atoms with Crippen LogP contribution in [-0.2, 0) is 27.7 Å². The van der Waals surface area contributed by atoms with Gasteiger partial charge in [0.1, 0.15) is 5.76 Å². The van der Waals surface area contributed by atoms with Gasteiger partial charge in [-0.2, -0.15) is 0 Å². The van der Waals surface area contributed by atoms with Crippen molar-refractivity contribution in [1.29, 1.82) is 0 Å². The number of para-hydroxylation sites is 1. The van der Waals surface area contributed by atoms with Crippen LogP contribution in [0.4, 0.5) is 0 Å². The molecule has 9 heteroatoms. The summed E-state index contributed by atoms with van der Waals surface area (Å²) in [5, 5.41) is 0.784. The number of Topliss-reactive ketones (excluding diaryl/α,β-unsaturated/α-hetero) is 1. The SMILES string of the molecule is CCc1cccc2c(C(=O)COC(=O)c3ccc(S(=O)(=O)NCc4ccco4)cc3)c[nH]c12. The number of hydrogen-bond acceptors (Lipinski definition) is 6. The van der Waals surface area contributed by atoms with E-state index in [9.17, 15) is 18.0 Å². The Bertz CT molecular complexity index is 1390. The van der Waals surface area contributed by atoms with Crippen molar-refractivity contribution < 1.29 is 27.2 Å². The number of rotatable bonds is 9. The average molecular weight is 467 g/mol. The van der Waals surface area contributed by atoms with E-state index < -0.39 is 22.6 Å². The van der Waals surface area contributed by atoms with Crippen LogP contribution in [0, 0.1) is 0 Å². The highest BCUT2D eigenvalue weighted by Crippen LogP contribution is 2.23. The van der Waals surface area contributed by atoms with E-state index in [1.165, 1.54) is 30.5 Å². The quantitative estimate of drug-likeness (QED) is 0.286. The van der Waals surface area contributed by atoms with Crippen molar-refractivity contribution in [3.8, 4) is 0 Å². The number of hydrogen-bond donors (Lipinski definition) is 2.